The zero-order valence-corrected chi connectivity index (χ0v) is 9.71. The first-order valence-electron chi connectivity index (χ1n) is 4.35. The van der Waals surface area contributed by atoms with Gasteiger partial charge in [-0.2, -0.15) is 0 Å². The Kier molecular flexibility index (Phi) is 3.98. The molecule has 0 saturated heterocycles. The van der Waals surface area contributed by atoms with Crippen LogP contribution in [0, 0.1) is 6.92 Å². The Morgan fingerprint density at radius 2 is 2.07 bits per heavy atom. The van der Waals surface area contributed by atoms with Crippen molar-refractivity contribution in [2.75, 3.05) is 6.61 Å². The summed E-state index contributed by atoms with van der Waals surface area (Å²) in [6.07, 6.45) is 0. The maximum Gasteiger partial charge on any atom is 0.492 e. The van der Waals surface area contributed by atoms with Gasteiger partial charge in [0.25, 0.3) is 0 Å². The third-order valence-corrected chi connectivity index (χ3v) is 2.37. The molecule has 0 aliphatic carbocycles. The first kappa shape index (κ1) is 11.6. The zero-order valence-electron chi connectivity index (χ0n) is 8.12. The van der Waals surface area contributed by atoms with Gasteiger partial charge >= 0.3 is 7.12 Å². The summed E-state index contributed by atoms with van der Waals surface area (Å²) in [5.74, 6) is 0.494. The van der Waals surface area contributed by atoms with Crippen LogP contribution in [-0.2, 0) is 0 Å². The van der Waals surface area contributed by atoms with Gasteiger partial charge < -0.3 is 14.8 Å². The molecule has 3 nitrogen and oxygen atoms in total. The number of aryl methyl sites for hydroxylation is 1. The van der Waals surface area contributed by atoms with E-state index in [9.17, 15) is 0 Å². The molecule has 76 valence electrons. The van der Waals surface area contributed by atoms with Crippen molar-refractivity contribution in [2.45, 2.75) is 13.8 Å². The van der Waals surface area contributed by atoms with E-state index in [4.69, 9.17) is 14.8 Å². The summed E-state index contributed by atoms with van der Waals surface area (Å²) in [7, 11) is -1.51. The molecule has 1 rings (SSSR count). The van der Waals surface area contributed by atoms with Gasteiger partial charge in [0.1, 0.15) is 5.75 Å². The molecule has 0 aliphatic heterocycles. The molecule has 0 bridgehead atoms. The second-order valence-corrected chi connectivity index (χ2v) is 3.83. The molecular formula is C9H12BBrO3. The number of ether oxygens (including phenoxy) is 1. The second-order valence-electron chi connectivity index (χ2n) is 2.97. The van der Waals surface area contributed by atoms with Crippen molar-refractivity contribution in [1.29, 1.82) is 0 Å². The van der Waals surface area contributed by atoms with Crippen LogP contribution in [0.5, 0.6) is 5.75 Å². The summed E-state index contributed by atoms with van der Waals surface area (Å²) in [5.41, 5.74) is 1.34. The highest BCUT2D eigenvalue weighted by atomic mass is 79.9. The Morgan fingerprint density at radius 1 is 1.43 bits per heavy atom. The summed E-state index contributed by atoms with van der Waals surface area (Å²) >= 11 is 3.32. The molecule has 1 aromatic rings. The van der Waals surface area contributed by atoms with Crippen LogP contribution < -0.4 is 10.2 Å². The van der Waals surface area contributed by atoms with Gasteiger partial charge in [-0.25, -0.2) is 0 Å². The fourth-order valence-electron chi connectivity index (χ4n) is 1.24. The van der Waals surface area contributed by atoms with Crippen LogP contribution in [-0.4, -0.2) is 23.8 Å². The highest BCUT2D eigenvalue weighted by Crippen LogP contribution is 2.24. The number of hydrogen-bond donors (Lipinski definition) is 2. The van der Waals surface area contributed by atoms with E-state index in [2.05, 4.69) is 15.9 Å². The Labute approximate surface area is 92.0 Å². The lowest BCUT2D eigenvalue weighted by Crippen LogP contribution is -2.32. The Morgan fingerprint density at radius 3 is 2.57 bits per heavy atom. The largest absolute Gasteiger partial charge is 0.493 e. The average molecular weight is 259 g/mol. The van der Waals surface area contributed by atoms with Gasteiger partial charge in [0.2, 0.25) is 0 Å². The highest BCUT2D eigenvalue weighted by molar-refractivity contribution is 9.10. The molecule has 0 amide bonds. The molecule has 5 heteroatoms. The molecule has 0 heterocycles. The van der Waals surface area contributed by atoms with Crippen LogP contribution in [0.25, 0.3) is 0 Å². The average Bonchev–Trinajstić information content (AvgIpc) is 2.09. The minimum atomic E-state index is -1.51. The van der Waals surface area contributed by atoms with Crippen LogP contribution in [0.4, 0.5) is 0 Å². The minimum Gasteiger partial charge on any atom is -0.493 e. The van der Waals surface area contributed by atoms with Crippen molar-refractivity contribution in [1.82, 2.24) is 0 Å². The predicted molar refractivity (Wildman–Crippen MR) is 59.9 cm³/mol. The van der Waals surface area contributed by atoms with Crippen LogP contribution in [0.3, 0.4) is 0 Å². The lowest BCUT2D eigenvalue weighted by Gasteiger charge is -2.12. The Bertz CT molecular complexity index is 328. The van der Waals surface area contributed by atoms with Gasteiger partial charge in [0, 0.05) is 5.46 Å². The predicted octanol–water partition coefficient (Wildman–Crippen LogP) is 0.836. The molecule has 0 radical (unpaired) electrons. The van der Waals surface area contributed by atoms with E-state index in [0.717, 1.165) is 10.0 Å². The number of rotatable bonds is 3. The van der Waals surface area contributed by atoms with Gasteiger partial charge in [-0.05, 0) is 35.8 Å². The van der Waals surface area contributed by atoms with Crippen molar-refractivity contribution in [3.05, 3.63) is 22.2 Å². The summed E-state index contributed by atoms with van der Waals surface area (Å²) < 4.78 is 6.06. The van der Waals surface area contributed by atoms with E-state index in [0.29, 0.717) is 17.8 Å². The molecular weight excluding hydrogens is 247 g/mol. The SMILES string of the molecule is CCOc1c(Br)cc(C)cc1B(O)O. The fourth-order valence-corrected chi connectivity index (χ4v) is 1.95. The summed E-state index contributed by atoms with van der Waals surface area (Å²) in [5, 5.41) is 18.3. The Hall–Kier alpha value is -0.515. The van der Waals surface area contributed by atoms with Crippen LogP contribution in [0.15, 0.2) is 16.6 Å². The minimum absolute atomic E-state index is 0.388. The quantitative estimate of drug-likeness (QED) is 0.790. The molecule has 0 fully saturated rings. The lowest BCUT2D eigenvalue weighted by molar-refractivity contribution is 0.338. The molecule has 0 aliphatic rings. The van der Waals surface area contributed by atoms with Gasteiger partial charge in [0.05, 0.1) is 11.1 Å². The third-order valence-electron chi connectivity index (χ3n) is 1.78. The maximum absolute atomic E-state index is 9.13. The van der Waals surface area contributed by atoms with Crippen molar-refractivity contribution >= 4 is 28.5 Å². The molecule has 14 heavy (non-hydrogen) atoms. The normalized spacial score (nSPS) is 10.1. The first-order valence-corrected chi connectivity index (χ1v) is 5.14. The summed E-state index contributed by atoms with van der Waals surface area (Å²) in [6.45, 7) is 4.22. The molecule has 1 aromatic carbocycles. The molecule has 0 saturated carbocycles. The molecule has 0 aromatic heterocycles. The van der Waals surface area contributed by atoms with E-state index in [1.54, 1.807) is 6.07 Å². The van der Waals surface area contributed by atoms with E-state index in [1.165, 1.54) is 0 Å². The third kappa shape index (κ3) is 2.50. The zero-order chi connectivity index (χ0) is 10.7. The summed E-state index contributed by atoms with van der Waals surface area (Å²) in [6, 6.07) is 3.57. The topological polar surface area (TPSA) is 49.7 Å². The fraction of sp³-hybridized carbons (Fsp3) is 0.333. The van der Waals surface area contributed by atoms with E-state index < -0.39 is 7.12 Å². The van der Waals surface area contributed by atoms with E-state index in [-0.39, 0.29) is 0 Å². The van der Waals surface area contributed by atoms with Crippen molar-refractivity contribution in [2.24, 2.45) is 0 Å². The number of hydrogen-bond acceptors (Lipinski definition) is 3. The highest BCUT2D eigenvalue weighted by Gasteiger charge is 2.19. The Balaban J connectivity index is 3.21. The smallest absolute Gasteiger partial charge is 0.492 e. The molecule has 2 N–H and O–H groups in total. The van der Waals surface area contributed by atoms with Crippen molar-refractivity contribution in [3.8, 4) is 5.75 Å². The van der Waals surface area contributed by atoms with Crippen LogP contribution >= 0.6 is 15.9 Å². The maximum atomic E-state index is 9.13. The van der Waals surface area contributed by atoms with Gasteiger partial charge in [-0.1, -0.05) is 11.6 Å². The van der Waals surface area contributed by atoms with Crippen molar-refractivity contribution in [3.63, 3.8) is 0 Å². The first-order chi connectivity index (χ1) is 6.56. The van der Waals surface area contributed by atoms with Gasteiger partial charge in [0.15, 0.2) is 0 Å². The van der Waals surface area contributed by atoms with Gasteiger partial charge in [-0.15, -0.1) is 0 Å². The number of benzene rings is 1. The second kappa shape index (κ2) is 4.82. The lowest BCUT2D eigenvalue weighted by atomic mass is 9.79. The standard InChI is InChI=1S/C9H12BBrO3/c1-3-14-9-7(10(12)13)4-6(2)5-8(9)11/h4-5,12-13H,3H2,1-2H3. The van der Waals surface area contributed by atoms with E-state index in [1.807, 2.05) is 19.9 Å². The molecule has 0 unspecified atom stereocenters. The summed E-state index contributed by atoms with van der Waals surface area (Å²) in [4.78, 5) is 0. The number of halogens is 1. The van der Waals surface area contributed by atoms with E-state index >= 15 is 0 Å². The van der Waals surface area contributed by atoms with Gasteiger partial charge in [-0.3, -0.25) is 0 Å². The van der Waals surface area contributed by atoms with Crippen LogP contribution in [0.1, 0.15) is 12.5 Å². The molecule has 0 atom stereocenters. The van der Waals surface area contributed by atoms with Crippen LogP contribution in [0.2, 0.25) is 0 Å². The van der Waals surface area contributed by atoms with Crippen molar-refractivity contribution < 1.29 is 14.8 Å². The monoisotopic (exact) mass is 258 g/mol. The molecule has 0 spiro atoms.